The molecule has 0 radical (unpaired) electrons. The first-order valence-corrected chi connectivity index (χ1v) is 9.53. The lowest BCUT2D eigenvalue weighted by Gasteiger charge is -2.31. The summed E-state index contributed by atoms with van der Waals surface area (Å²) < 4.78 is 5.90. The number of furan rings is 1. The molecule has 1 aliphatic rings. The molecule has 1 aliphatic heterocycles. The van der Waals surface area contributed by atoms with Crippen molar-refractivity contribution in [2.45, 2.75) is 39.3 Å². The van der Waals surface area contributed by atoms with Gasteiger partial charge >= 0.3 is 0 Å². The maximum Gasteiger partial charge on any atom is 0.287 e. The predicted molar refractivity (Wildman–Crippen MR) is 106 cm³/mol. The molecule has 27 heavy (non-hydrogen) atoms. The number of carbonyl (C=O) groups is 1. The number of nitrogens with one attached hydrogen (secondary N) is 1. The zero-order valence-corrected chi connectivity index (χ0v) is 15.9. The number of benzene rings is 1. The van der Waals surface area contributed by atoms with Gasteiger partial charge in [0, 0.05) is 42.8 Å². The minimum Gasteiger partial charge on any atom is -0.450 e. The van der Waals surface area contributed by atoms with E-state index in [-0.39, 0.29) is 11.9 Å². The highest BCUT2D eigenvalue weighted by Gasteiger charge is 2.24. The summed E-state index contributed by atoms with van der Waals surface area (Å²) in [6.07, 6.45) is 3.72. The molecule has 140 valence electrons. The first-order chi connectivity index (χ1) is 13.1. The second kappa shape index (κ2) is 7.53. The quantitative estimate of drug-likeness (QED) is 0.765. The average molecular weight is 363 g/mol. The molecule has 0 aliphatic carbocycles. The molecule has 2 aromatic heterocycles. The number of nitrogens with zero attached hydrogens (tertiary/aromatic N) is 2. The van der Waals surface area contributed by atoms with Gasteiger partial charge in [0.1, 0.15) is 5.58 Å². The number of hydrogen-bond donors (Lipinski definition) is 1. The number of amides is 1. The average Bonchev–Trinajstić information content (AvgIpc) is 3.03. The second-order valence-corrected chi connectivity index (χ2v) is 7.35. The van der Waals surface area contributed by atoms with Gasteiger partial charge in [-0.05, 0) is 44.4 Å². The molecular weight excluding hydrogens is 338 g/mol. The Morgan fingerprint density at radius 2 is 2.00 bits per heavy atom. The summed E-state index contributed by atoms with van der Waals surface area (Å²) in [7, 11) is 0. The van der Waals surface area contributed by atoms with Crippen molar-refractivity contribution >= 4 is 16.9 Å². The molecule has 0 spiro atoms. The summed E-state index contributed by atoms with van der Waals surface area (Å²) in [6.45, 7) is 6.74. The zero-order valence-electron chi connectivity index (χ0n) is 15.9. The van der Waals surface area contributed by atoms with Crippen LogP contribution in [0.2, 0.25) is 0 Å². The number of aromatic nitrogens is 1. The Morgan fingerprint density at radius 3 is 2.70 bits per heavy atom. The maximum atomic E-state index is 12.8. The van der Waals surface area contributed by atoms with Gasteiger partial charge in [0.2, 0.25) is 0 Å². The molecule has 0 unspecified atom stereocenters. The minimum absolute atomic E-state index is 0.105. The molecule has 1 fully saturated rings. The number of rotatable bonds is 4. The normalized spacial score (nSPS) is 15.9. The molecule has 0 saturated carbocycles. The van der Waals surface area contributed by atoms with Crippen LogP contribution in [0.4, 0.5) is 0 Å². The lowest BCUT2D eigenvalue weighted by atomic mass is 10.0. The number of likely N-dealkylation sites (tertiary alicyclic amines) is 1. The van der Waals surface area contributed by atoms with E-state index >= 15 is 0 Å². The Hall–Kier alpha value is -2.66. The zero-order chi connectivity index (χ0) is 18.8. The van der Waals surface area contributed by atoms with Gasteiger partial charge in [-0.2, -0.15) is 0 Å². The van der Waals surface area contributed by atoms with E-state index in [4.69, 9.17) is 4.42 Å². The molecule has 3 aromatic rings. The number of pyridine rings is 1. The van der Waals surface area contributed by atoms with Crippen molar-refractivity contribution in [3.63, 3.8) is 0 Å². The topological polar surface area (TPSA) is 58.4 Å². The van der Waals surface area contributed by atoms with E-state index in [1.807, 2.05) is 50.4 Å². The predicted octanol–water partition coefficient (Wildman–Crippen LogP) is 3.84. The number of hydrogen-bond acceptors (Lipinski definition) is 4. The smallest absolute Gasteiger partial charge is 0.287 e. The van der Waals surface area contributed by atoms with Crippen molar-refractivity contribution in [3.05, 3.63) is 65.2 Å². The maximum absolute atomic E-state index is 12.8. The van der Waals surface area contributed by atoms with E-state index in [9.17, 15) is 4.79 Å². The minimum atomic E-state index is -0.105. The highest BCUT2D eigenvalue weighted by atomic mass is 16.3. The molecule has 1 aromatic carbocycles. The van der Waals surface area contributed by atoms with E-state index < -0.39 is 0 Å². The lowest BCUT2D eigenvalue weighted by Crippen LogP contribution is -2.44. The van der Waals surface area contributed by atoms with E-state index in [0.29, 0.717) is 5.76 Å². The molecular formula is C22H25N3O2. The van der Waals surface area contributed by atoms with Gasteiger partial charge < -0.3 is 9.73 Å². The lowest BCUT2D eigenvalue weighted by molar-refractivity contribution is 0.0882. The Morgan fingerprint density at radius 1 is 1.19 bits per heavy atom. The highest BCUT2D eigenvalue weighted by molar-refractivity contribution is 5.99. The third kappa shape index (κ3) is 3.74. The monoisotopic (exact) mass is 363 g/mol. The molecule has 5 heteroatoms. The molecule has 0 atom stereocenters. The van der Waals surface area contributed by atoms with Crippen LogP contribution in [-0.2, 0) is 6.54 Å². The Balaban J connectivity index is 1.37. The van der Waals surface area contributed by atoms with Crippen molar-refractivity contribution in [1.82, 2.24) is 15.2 Å². The highest BCUT2D eigenvalue weighted by Crippen LogP contribution is 2.28. The fourth-order valence-corrected chi connectivity index (χ4v) is 3.81. The number of aryl methyl sites for hydroxylation is 2. The standard InChI is InChI=1S/C22H25N3O2/c1-15-6-5-8-19-16(2)21(27-20(15)19)22(26)24-17-9-12-25(13-10-17)14-18-7-3-4-11-23-18/h3-8,11,17H,9-10,12-14H2,1-2H3,(H,24,26). The van der Waals surface area contributed by atoms with Crippen LogP contribution in [0.15, 0.2) is 47.0 Å². The van der Waals surface area contributed by atoms with Crippen LogP contribution in [0.5, 0.6) is 0 Å². The van der Waals surface area contributed by atoms with E-state index in [1.54, 1.807) is 0 Å². The van der Waals surface area contributed by atoms with Crippen LogP contribution >= 0.6 is 0 Å². The van der Waals surface area contributed by atoms with Gasteiger partial charge in [0.05, 0.1) is 5.69 Å². The first-order valence-electron chi connectivity index (χ1n) is 9.53. The van der Waals surface area contributed by atoms with Gasteiger partial charge in [0.25, 0.3) is 5.91 Å². The molecule has 1 N–H and O–H groups in total. The van der Waals surface area contributed by atoms with Crippen molar-refractivity contribution in [1.29, 1.82) is 0 Å². The third-order valence-electron chi connectivity index (χ3n) is 5.40. The van der Waals surface area contributed by atoms with Crippen molar-refractivity contribution < 1.29 is 9.21 Å². The van der Waals surface area contributed by atoms with Gasteiger partial charge in [-0.3, -0.25) is 14.7 Å². The van der Waals surface area contributed by atoms with Gasteiger partial charge in [-0.15, -0.1) is 0 Å². The molecule has 1 saturated heterocycles. The van der Waals surface area contributed by atoms with E-state index in [1.165, 1.54) is 0 Å². The van der Waals surface area contributed by atoms with E-state index in [0.717, 1.165) is 60.3 Å². The number of carbonyl (C=O) groups excluding carboxylic acids is 1. The fraction of sp³-hybridized carbons (Fsp3) is 0.364. The molecule has 5 nitrogen and oxygen atoms in total. The fourth-order valence-electron chi connectivity index (χ4n) is 3.81. The number of para-hydroxylation sites is 1. The Kier molecular flexibility index (Phi) is 4.94. The van der Waals surface area contributed by atoms with Crippen LogP contribution in [0, 0.1) is 13.8 Å². The number of piperidine rings is 1. The summed E-state index contributed by atoms with van der Waals surface area (Å²) in [5, 5.41) is 4.18. The van der Waals surface area contributed by atoms with Gasteiger partial charge in [-0.25, -0.2) is 0 Å². The van der Waals surface area contributed by atoms with Crippen LogP contribution in [-0.4, -0.2) is 34.9 Å². The largest absolute Gasteiger partial charge is 0.450 e. The van der Waals surface area contributed by atoms with E-state index in [2.05, 4.69) is 21.3 Å². The molecule has 3 heterocycles. The van der Waals surface area contributed by atoms with Gasteiger partial charge in [0.15, 0.2) is 5.76 Å². The third-order valence-corrected chi connectivity index (χ3v) is 5.40. The van der Waals surface area contributed by atoms with Crippen molar-refractivity contribution in [3.8, 4) is 0 Å². The SMILES string of the molecule is Cc1c(C(=O)NC2CCN(Cc3ccccn3)CC2)oc2c(C)cccc12. The summed E-state index contributed by atoms with van der Waals surface area (Å²) in [5.41, 5.74) is 3.87. The number of fused-ring (bicyclic) bond motifs is 1. The van der Waals surface area contributed by atoms with Crippen molar-refractivity contribution in [2.24, 2.45) is 0 Å². The summed E-state index contributed by atoms with van der Waals surface area (Å²) >= 11 is 0. The summed E-state index contributed by atoms with van der Waals surface area (Å²) in [6, 6.07) is 12.2. The first kappa shape index (κ1) is 17.7. The molecule has 1 amide bonds. The molecule has 4 rings (SSSR count). The summed E-state index contributed by atoms with van der Waals surface area (Å²) in [5.74, 6) is 0.335. The second-order valence-electron chi connectivity index (χ2n) is 7.35. The van der Waals surface area contributed by atoms with Crippen LogP contribution < -0.4 is 5.32 Å². The van der Waals surface area contributed by atoms with Crippen LogP contribution in [0.3, 0.4) is 0 Å². The van der Waals surface area contributed by atoms with Crippen LogP contribution in [0.1, 0.15) is 40.2 Å². The van der Waals surface area contributed by atoms with Crippen LogP contribution in [0.25, 0.3) is 11.0 Å². The molecule has 0 bridgehead atoms. The van der Waals surface area contributed by atoms with Gasteiger partial charge in [-0.1, -0.05) is 24.3 Å². The Labute approximate surface area is 159 Å². The summed E-state index contributed by atoms with van der Waals surface area (Å²) in [4.78, 5) is 19.5. The van der Waals surface area contributed by atoms with Crippen molar-refractivity contribution in [2.75, 3.05) is 13.1 Å². The Bertz CT molecular complexity index is 941.